The monoisotopic (exact) mass is 746 g/mol. The van der Waals surface area contributed by atoms with Crippen molar-refractivity contribution in [3.05, 3.63) is 65.3 Å². The number of aliphatic imine (C=N–C) groups is 2. The molecule has 0 unspecified atom stereocenters. The second-order valence-corrected chi connectivity index (χ2v) is 14.3. The average molecular weight is 747 g/mol. The van der Waals surface area contributed by atoms with E-state index in [4.69, 9.17) is 28.7 Å². The molecule has 0 saturated heterocycles. The number of amides is 3. The summed E-state index contributed by atoms with van der Waals surface area (Å²) in [4.78, 5) is 70.7. The van der Waals surface area contributed by atoms with Crippen LogP contribution in [0.2, 0.25) is 0 Å². The molecule has 0 bridgehead atoms. The maximum absolute atomic E-state index is 13.9. The number of para-hydroxylation sites is 2. The van der Waals surface area contributed by atoms with Gasteiger partial charge < -0.3 is 49.6 Å². The minimum Gasteiger partial charge on any atom is -0.370 e. The number of fused-ring (bicyclic) bond motifs is 2. The zero-order chi connectivity index (χ0) is 38.5. The minimum absolute atomic E-state index is 0.0224. The first kappa shape index (κ1) is 40.2. The Bertz CT molecular complexity index is 1900. The fourth-order valence-electron chi connectivity index (χ4n) is 5.83. The van der Waals surface area contributed by atoms with Crippen LogP contribution in [0.3, 0.4) is 0 Å². The highest BCUT2D eigenvalue weighted by atomic mass is 32.1. The molecule has 53 heavy (non-hydrogen) atoms. The topological polar surface area (TPSA) is 288 Å². The predicted octanol–water partition coefficient (Wildman–Crippen LogP) is 1.14. The first-order chi connectivity index (χ1) is 25.3. The number of guanidine groups is 2. The van der Waals surface area contributed by atoms with E-state index in [2.05, 4.69) is 35.9 Å². The number of aromatic amines is 1. The molecule has 3 amide bonds. The van der Waals surface area contributed by atoms with E-state index in [1.54, 1.807) is 0 Å². The van der Waals surface area contributed by atoms with Crippen molar-refractivity contribution in [2.75, 3.05) is 13.1 Å². The summed E-state index contributed by atoms with van der Waals surface area (Å²) in [6, 6.07) is 11.0. The normalized spacial score (nSPS) is 13.5. The summed E-state index contributed by atoms with van der Waals surface area (Å²) in [5.41, 5.74) is 30.7. The van der Waals surface area contributed by atoms with Crippen molar-refractivity contribution in [3.63, 3.8) is 0 Å². The van der Waals surface area contributed by atoms with Crippen LogP contribution < -0.4 is 44.6 Å². The summed E-state index contributed by atoms with van der Waals surface area (Å²) < 4.78 is 0.834. The molecule has 0 aliphatic rings. The number of ketones is 1. The molecular weight excluding hydrogens is 697 g/mol. The number of rotatable bonds is 20. The number of benzene rings is 2. The van der Waals surface area contributed by atoms with Gasteiger partial charge in [-0.1, -0.05) is 44.2 Å². The average Bonchev–Trinajstić information content (AvgIpc) is 3.74. The lowest BCUT2D eigenvalue weighted by atomic mass is 10.00. The Morgan fingerprint density at radius 1 is 0.792 bits per heavy atom. The van der Waals surface area contributed by atoms with Gasteiger partial charge in [0.25, 0.3) is 0 Å². The van der Waals surface area contributed by atoms with Crippen molar-refractivity contribution < 1.29 is 19.2 Å². The number of carbonyl (C=O) groups is 4. The molecule has 4 rings (SSSR count). The summed E-state index contributed by atoms with van der Waals surface area (Å²) >= 11 is 1.23. The lowest BCUT2D eigenvalue weighted by Crippen LogP contribution is -2.57. The summed E-state index contributed by atoms with van der Waals surface area (Å²) in [7, 11) is 0. The number of nitrogens with two attached hydrogens (primary N) is 5. The van der Waals surface area contributed by atoms with Crippen LogP contribution in [0.1, 0.15) is 61.3 Å². The smallest absolute Gasteiger partial charge is 0.243 e. The Morgan fingerprint density at radius 2 is 1.38 bits per heavy atom. The van der Waals surface area contributed by atoms with E-state index in [9.17, 15) is 19.2 Å². The number of nitrogens with one attached hydrogen (secondary N) is 4. The number of Topliss-reactive ketones (excluding diaryl/α,β-unsaturated/α-hetero) is 1. The van der Waals surface area contributed by atoms with Crippen molar-refractivity contribution in [1.82, 2.24) is 25.9 Å². The van der Waals surface area contributed by atoms with E-state index in [0.717, 1.165) is 21.2 Å². The molecule has 4 atom stereocenters. The molecule has 16 nitrogen and oxygen atoms in total. The Hall–Kier alpha value is -5.55. The number of hydrogen-bond acceptors (Lipinski definition) is 9. The molecule has 2 aromatic carbocycles. The number of H-pyrrole nitrogens is 1. The number of nitrogens with zero attached hydrogens (tertiary/aromatic N) is 3. The van der Waals surface area contributed by atoms with Crippen molar-refractivity contribution >= 4 is 67.9 Å². The Balaban J connectivity index is 1.50. The Labute approximate surface area is 311 Å². The van der Waals surface area contributed by atoms with Gasteiger partial charge in [0.1, 0.15) is 12.1 Å². The molecule has 0 spiro atoms. The largest absolute Gasteiger partial charge is 0.370 e. The molecule has 0 aliphatic heterocycles. The first-order valence-electron chi connectivity index (χ1n) is 17.5. The lowest BCUT2D eigenvalue weighted by molar-refractivity contribution is -0.133. The highest BCUT2D eigenvalue weighted by molar-refractivity contribution is 7.20. The Kier molecular flexibility index (Phi) is 14.7. The number of thiazole rings is 1. The fraction of sp³-hybridized carbons (Fsp3) is 0.417. The van der Waals surface area contributed by atoms with Crippen LogP contribution >= 0.6 is 11.3 Å². The lowest BCUT2D eigenvalue weighted by Gasteiger charge is -2.26. The first-order valence-corrected chi connectivity index (χ1v) is 18.4. The molecule has 284 valence electrons. The highest BCUT2D eigenvalue weighted by Gasteiger charge is 2.32. The van der Waals surface area contributed by atoms with Crippen molar-refractivity contribution in [2.24, 2.45) is 44.6 Å². The van der Waals surface area contributed by atoms with Crippen LogP contribution in [-0.4, -0.2) is 82.6 Å². The molecule has 14 N–H and O–H groups in total. The summed E-state index contributed by atoms with van der Waals surface area (Å²) in [5.74, 6) is -2.26. The maximum Gasteiger partial charge on any atom is 0.243 e. The molecule has 0 radical (unpaired) electrons. The zero-order valence-electron chi connectivity index (χ0n) is 30.0. The van der Waals surface area contributed by atoms with Gasteiger partial charge >= 0.3 is 0 Å². The van der Waals surface area contributed by atoms with Crippen molar-refractivity contribution in [2.45, 2.75) is 76.5 Å². The van der Waals surface area contributed by atoms with Gasteiger partial charge in [0.2, 0.25) is 23.5 Å². The summed E-state index contributed by atoms with van der Waals surface area (Å²) in [6.45, 7) is 4.28. The number of aromatic nitrogens is 2. The van der Waals surface area contributed by atoms with E-state index in [1.165, 1.54) is 11.3 Å². The zero-order valence-corrected chi connectivity index (χ0v) is 30.8. The standard InChI is InChI=1S/C36H50N12O4S/c1-20(2)17-28(33(52)45-26(12-7-15-42-35(38)39)30(49)34-48-25-11-5-6-14-29(25)53-34)47-32(51)27(13-8-16-43-36(40)41)46-31(50)23(37)18-21-19-44-24-10-4-3-9-22(21)24/h3-6,9-11,14,19-20,23,26-28,44H,7-8,12-13,15-18,37H2,1-2H3,(H,45,52)(H,46,50)(H,47,51)(H4,38,39,42)(H4,40,41,43)/t23-,26-,27-,28-/m0/s1. The third-order valence-electron chi connectivity index (χ3n) is 8.45. The van der Waals surface area contributed by atoms with E-state index < -0.39 is 41.9 Å². The molecule has 0 fully saturated rings. The van der Waals surface area contributed by atoms with Crippen molar-refractivity contribution in [1.29, 1.82) is 0 Å². The predicted molar refractivity (Wildman–Crippen MR) is 209 cm³/mol. The van der Waals surface area contributed by atoms with Gasteiger partial charge in [0.15, 0.2) is 16.9 Å². The van der Waals surface area contributed by atoms with Crippen LogP contribution in [0, 0.1) is 5.92 Å². The third kappa shape index (κ3) is 12.0. The third-order valence-corrected chi connectivity index (χ3v) is 9.50. The van der Waals surface area contributed by atoms with Gasteiger partial charge in [-0.05, 0) is 68.2 Å². The van der Waals surface area contributed by atoms with Gasteiger partial charge in [-0.15, -0.1) is 11.3 Å². The van der Waals surface area contributed by atoms with Crippen LogP contribution in [0.4, 0.5) is 0 Å². The SMILES string of the molecule is CC(C)C[C@H](NC(=O)[C@H](CCCN=C(N)N)NC(=O)[C@@H](N)Cc1c[nH]c2ccccc12)C(=O)N[C@@H](CCCN=C(N)N)C(=O)c1nc2ccccc2s1. The van der Waals surface area contributed by atoms with Gasteiger partial charge in [-0.25, -0.2) is 4.98 Å². The van der Waals surface area contributed by atoms with Crippen molar-refractivity contribution in [3.8, 4) is 0 Å². The van der Waals surface area contributed by atoms with E-state index in [1.807, 2.05) is 68.6 Å². The van der Waals surface area contributed by atoms with Gasteiger partial charge in [0, 0.05) is 30.2 Å². The van der Waals surface area contributed by atoms with Gasteiger partial charge in [-0.3, -0.25) is 29.2 Å². The summed E-state index contributed by atoms with van der Waals surface area (Å²) in [5, 5.41) is 9.65. The van der Waals surface area contributed by atoms with Crippen LogP contribution in [0.15, 0.2) is 64.7 Å². The summed E-state index contributed by atoms with van der Waals surface area (Å²) in [6.07, 6.45) is 3.41. The van der Waals surface area contributed by atoms with E-state index >= 15 is 0 Å². The van der Waals surface area contributed by atoms with Crippen LogP contribution in [0.5, 0.6) is 0 Å². The second-order valence-electron chi connectivity index (χ2n) is 13.2. The van der Waals surface area contributed by atoms with Gasteiger partial charge in [-0.2, -0.15) is 0 Å². The minimum atomic E-state index is -1.06. The number of carbonyl (C=O) groups excluding carboxylic acids is 4. The quantitative estimate of drug-likeness (QED) is 0.0269. The van der Waals surface area contributed by atoms with Crippen LogP contribution in [0.25, 0.3) is 21.1 Å². The molecule has 2 aromatic heterocycles. The molecular formula is C36H50N12O4S. The van der Waals surface area contributed by atoms with E-state index in [-0.39, 0.29) is 67.4 Å². The molecule has 17 heteroatoms. The highest BCUT2D eigenvalue weighted by Crippen LogP contribution is 2.24. The van der Waals surface area contributed by atoms with E-state index in [0.29, 0.717) is 18.4 Å². The maximum atomic E-state index is 13.9. The van der Waals surface area contributed by atoms with Crippen LogP contribution in [-0.2, 0) is 20.8 Å². The second kappa shape index (κ2) is 19.3. The Morgan fingerprint density at radius 3 is 2.04 bits per heavy atom. The number of hydrogen-bond donors (Lipinski definition) is 9. The molecule has 2 heterocycles. The molecule has 4 aromatic rings. The molecule has 0 saturated carbocycles. The fourth-order valence-corrected chi connectivity index (χ4v) is 6.79. The van der Waals surface area contributed by atoms with Gasteiger partial charge in [0.05, 0.1) is 22.3 Å². The molecule has 0 aliphatic carbocycles.